The van der Waals surface area contributed by atoms with Crippen LogP contribution < -0.4 is 5.32 Å². The van der Waals surface area contributed by atoms with E-state index in [1.165, 1.54) is 11.1 Å². The van der Waals surface area contributed by atoms with Crippen LogP contribution in [-0.2, 0) is 13.0 Å². The van der Waals surface area contributed by atoms with E-state index in [0.29, 0.717) is 6.54 Å². The van der Waals surface area contributed by atoms with Gasteiger partial charge in [-0.3, -0.25) is 0 Å². The standard InChI is InChI=1S/C11H13BrN2O/c1-13-11(15)14-6-5-9-8(7-14)3-2-4-10(9)12/h2-4H,5-7H2,1H3,(H,13,15). The lowest BCUT2D eigenvalue weighted by atomic mass is 10.0. The number of hydrogen-bond donors (Lipinski definition) is 1. The molecule has 0 saturated heterocycles. The zero-order valence-corrected chi connectivity index (χ0v) is 10.2. The highest BCUT2D eigenvalue weighted by molar-refractivity contribution is 9.10. The third-order valence-electron chi connectivity index (χ3n) is 2.71. The Morgan fingerprint density at radius 1 is 1.53 bits per heavy atom. The van der Waals surface area contributed by atoms with Crippen molar-refractivity contribution in [3.05, 3.63) is 33.8 Å². The highest BCUT2D eigenvalue weighted by Gasteiger charge is 2.20. The van der Waals surface area contributed by atoms with Crippen LogP contribution in [0.1, 0.15) is 11.1 Å². The van der Waals surface area contributed by atoms with Crippen molar-refractivity contribution in [1.29, 1.82) is 0 Å². The van der Waals surface area contributed by atoms with E-state index < -0.39 is 0 Å². The number of urea groups is 1. The van der Waals surface area contributed by atoms with E-state index in [0.717, 1.165) is 17.4 Å². The van der Waals surface area contributed by atoms with E-state index in [2.05, 4.69) is 27.3 Å². The molecule has 1 heterocycles. The molecular formula is C11H13BrN2O. The average molecular weight is 269 g/mol. The number of nitrogens with one attached hydrogen (secondary N) is 1. The third kappa shape index (κ3) is 2.00. The minimum Gasteiger partial charge on any atom is -0.341 e. The van der Waals surface area contributed by atoms with Crippen LogP contribution in [0.2, 0.25) is 0 Å². The molecule has 1 N–H and O–H groups in total. The van der Waals surface area contributed by atoms with Gasteiger partial charge in [0.1, 0.15) is 0 Å². The minimum absolute atomic E-state index is 0.000579. The first kappa shape index (κ1) is 10.5. The van der Waals surface area contributed by atoms with Gasteiger partial charge in [0.2, 0.25) is 0 Å². The number of amides is 2. The van der Waals surface area contributed by atoms with E-state index in [-0.39, 0.29) is 6.03 Å². The van der Waals surface area contributed by atoms with Crippen LogP contribution in [0.25, 0.3) is 0 Å². The van der Waals surface area contributed by atoms with Gasteiger partial charge in [-0.2, -0.15) is 0 Å². The first-order valence-corrected chi connectivity index (χ1v) is 5.74. The zero-order valence-electron chi connectivity index (χ0n) is 8.59. The van der Waals surface area contributed by atoms with Crippen molar-refractivity contribution >= 4 is 22.0 Å². The second-order valence-electron chi connectivity index (χ2n) is 3.60. The van der Waals surface area contributed by atoms with Gasteiger partial charge in [0.05, 0.1) is 0 Å². The Balaban J connectivity index is 2.24. The molecule has 1 aliphatic rings. The molecule has 2 rings (SSSR count). The Morgan fingerprint density at radius 3 is 3.07 bits per heavy atom. The molecule has 4 heteroatoms. The Kier molecular flexibility index (Phi) is 2.95. The molecule has 3 nitrogen and oxygen atoms in total. The van der Waals surface area contributed by atoms with Crippen LogP contribution in [-0.4, -0.2) is 24.5 Å². The van der Waals surface area contributed by atoms with Gasteiger partial charge < -0.3 is 10.2 Å². The predicted molar refractivity (Wildman–Crippen MR) is 62.7 cm³/mol. The van der Waals surface area contributed by atoms with Gasteiger partial charge in [-0.05, 0) is 23.6 Å². The predicted octanol–water partition coefficient (Wildman–Crippen LogP) is 2.15. The molecule has 0 bridgehead atoms. The lowest BCUT2D eigenvalue weighted by Crippen LogP contribution is -2.41. The van der Waals surface area contributed by atoms with Gasteiger partial charge in [0.25, 0.3) is 0 Å². The SMILES string of the molecule is CNC(=O)N1CCc2c(Br)cccc2C1. The number of fused-ring (bicyclic) bond motifs is 1. The van der Waals surface area contributed by atoms with Crippen molar-refractivity contribution < 1.29 is 4.79 Å². The van der Waals surface area contributed by atoms with Crippen LogP contribution in [0.15, 0.2) is 22.7 Å². The van der Waals surface area contributed by atoms with Gasteiger partial charge in [0.15, 0.2) is 0 Å². The highest BCUT2D eigenvalue weighted by atomic mass is 79.9. The summed E-state index contributed by atoms with van der Waals surface area (Å²) in [6.07, 6.45) is 0.921. The number of nitrogens with zero attached hydrogens (tertiary/aromatic N) is 1. The summed E-state index contributed by atoms with van der Waals surface area (Å²) in [6, 6.07) is 6.14. The highest BCUT2D eigenvalue weighted by Crippen LogP contribution is 2.26. The fraction of sp³-hybridized carbons (Fsp3) is 0.364. The van der Waals surface area contributed by atoms with Crippen molar-refractivity contribution in [2.24, 2.45) is 0 Å². The maximum atomic E-state index is 11.5. The summed E-state index contributed by atoms with van der Waals surface area (Å²) in [5.74, 6) is 0. The third-order valence-corrected chi connectivity index (χ3v) is 3.45. The minimum atomic E-state index is 0.000579. The van der Waals surface area contributed by atoms with Crippen LogP contribution in [0.5, 0.6) is 0 Å². The number of carbonyl (C=O) groups is 1. The van der Waals surface area contributed by atoms with Crippen LogP contribution in [0.4, 0.5) is 4.79 Å². The van der Waals surface area contributed by atoms with Crippen LogP contribution in [0, 0.1) is 0 Å². The summed E-state index contributed by atoms with van der Waals surface area (Å²) in [6.45, 7) is 1.49. The first-order chi connectivity index (χ1) is 7.22. The fourth-order valence-corrected chi connectivity index (χ4v) is 2.50. The van der Waals surface area contributed by atoms with Gasteiger partial charge in [-0.25, -0.2) is 4.79 Å². The Labute approximate surface area is 97.6 Å². The lowest BCUT2D eigenvalue weighted by Gasteiger charge is -2.29. The Morgan fingerprint density at radius 2 is 2.33 bits per heavy atom. The van der Waals surface area contributed by atoms with E-state index in [1.54, 1.807) is 7.05 Å². The number of benzene rings is 1. The van der Waals surface area contributed by atoms with Crippen molar-refractivity contribution in [2.75, 3.05) is 13.6 Å². The molecule has 0 spiro atoms. The monoisotopic (exact) mass is 268 g/mol. The summed E-state index contributed by atoms with van der Waals surface area (Å²) in [4.78, 5) is 13.3. The maximum absolute atomic E-state index is 11.5. The summed E-state index contributed by atoms with van der Waals surface area (Å²) in [5, 5.41) is 2.66. The number of carbonyl (C=O) groups excluding carboxylic acids is 1. The van der Waals surface area contributed by atoms with E-state index in [4.69, 9.17) is 0 Å². The molecular weight excluding hydrogens is 256 g/mol. The van der Waals surface area contributed by atoms with Gasteiger partial charge in [-0.15, -0.1) is 0 Å². The topological polar surface area (TPSA) is 32.3 Å². The van der Waals surface area contributed by atoms with Crippen LogP contribution >= 0.6 is 15.9 Å². The molecule has 0 saturated carbocycles. The molecule has 0 aliphatic carbocycles. The zero-order chi connectivity index (χ0) is 10.8. The molecule has 15 heavy (non-hydrogen) atoms. The number of rotatable bonds is 0. The van der Waals surface area contributed by atoms with Gasteiger partial charge >= 0.3 is 6.03 Å². The molecule has 0 fully saturated rings. The molecule has 80 valence electrons. The lowest BCUT2D eigenvalue weighted by molar-refractivity contribution is 0.194. The second kappa shape index (κ2) is 4.23. The van der Waals surface area contributed by atoms with Gasteiger partial charge in [-0.1, -0.05) is 28.1 Å². The fourth-order valence-electron chi connectivity index (χ4n) is 1.89. The number of hydrogen-bond acceptors (Lipinski definition) is 1. The van der Waals surface area contributed by atoms with Crippen molar-refractivity contribution in [3.63, 3.8) is 0 Å². The van der Waals surface area contributed by atoms with E-state index in [1.807, 2.05) is 17.0 Å². The summed E-state index contributed by atoms with van der Waals surface area (Å²) in [5.41, 5.74) is 2.57. The van der Waals surface area contributed by atoms with E-state index >= 15 is 0 Å². The van der Waals surface area contributed by atoms with Crippen molar-refractivity contribution in [2.45, 2.75) is 13.0 Å². The molecule has 1 aliphatic heterocycles. The Bertz CT molecular complexity index is 392. The molecule has 0 atom stereocenters. The molecule has 0 unspecified atom stereocenters. The second-order valence-corrected chi connectivity index (χ2v) is 4.46. The van der Waals surface area contributed by atoms with Crippen molar-refractivity contribution in [1.82, 2.24) is 10.2 Å². The Hall–Kier alpha value is -1.03. The summed E-state index contributed by atoms with van der Waals surface area (Å²) in [7, 11) is 1.67. The molecule has 2 amide bonds. The quantitative estimate of drug-likeness (QED) is 0.769. The molecule has 0 aromatic heterocycles. The molecule has 1 aromatic rings. The summed E-state index contributed by atoms with van der Waals surface area (Å²) >= 11 is 3.54. The smallest absolute Gasteiger partial charge is 0.317 e. The first-order valence-electron chi connectivity index (χ1n) is 4.95. The van der Waals surface area contributed by atoms with Gasteiger partial charge in [0, 0.05) is 24.6 Å². The average Bonchev–Trinajstić information content (AvgIpc) is 2.28. The molecule has 0 radical (unpaired) electrons. The van der Waals surface area contributed by atoms with Crippen molar-refractivity contribution in [3.8, 4) is 0 Å². The largest absolute Gasteiger partial charge is 0.341 e. The maximum Gasteiger partial charge on any atom is 0.317 e. The normalized spacial score (nSPS) is 14.7. The van der Waals surface area contributed by atoms with Crippen LogP contribution in [0.3, 0.4) is 0 Å². The summed E-state index contributed by atoms with van der Waals surface area (Å²) < 4.78 is 1.15. The van der Waals surface area contributed by atoms with E-state index in [9.17, 15) is 4.79 Å². The number of halogens is 1. The molecule has 1 aromatic carbocycles.